The van der Waals surface area contributed by atoms with Crippen LogP contribution in [0.5, 0.6) is 0 Å². The van der Waals surface area contributed by atoms with E-state index in [1.54, 1.807) is 4.90 Å². The zero-order chi connectivity index (χ0) is 12.4. The van der Waals surface area contributed by atoms with Gasteiger partial charge in [0.25, 0.3) is 0 Å². The number of ether oxygens (including phenoxy) is 1. The maximum absolute atomic E-state index is 11.8. The molecule has 0 bridgehead atoms. The molecule has 0 radical (unpaired) electrons. The molecule has 4 nitrogen and oxygen atoms in total. The Hall–Kier alpha value is -1.21. The van der Waals surface area contributed by atoms with Gasteiger partial charge in [-0.05, 0) is 33.6 Å². The third-order valence-corrected chi connectivity index (χ3v) is 2.46. The second kappa shape index (κ2) is 4.34. The average molecular weight is 224 g/mol. The van der Waals surface area contributed by atoms with Crippen molar-refractivity contribution in [2.75, 3.05) is 13.1 Å². The van der Waals surface area contributed by atoms with Crippen LogP contribution in [-0.4, -0.2) is 35.2 Å². The number of terminal acetylenes is 1. The predicted octanol–water partition coefficient (Wildman–Crippen LogP) is 1.35. The van der Waals surface area contributed by atoms with E-state index in [2.05, 4.69) is 5.92 Å². The summed E-state index contributed by atoms with van der Waals surface area (Å²) in [6, 6.07) is 0. The smallest absolute Gasteiger partial charge is 0.410 e. The molecule has 1 heterocycles. The van der Waals surface area contributed by atoms with E-state index >= 15 is 0 Å². The van der Waals surface area contributed by atoms with Crippen molar-refractivity contribution in [1.29, 1.82) is 0 Å². The van der Waals surface area contributed by atoms with E-state index in [-0.39, 0.29) is 6.09 Å². The van der Waals surface area contributed by atoms with Crippen molar-refractivity contribution in [3.8, 4) is 12.3 Å². The fourth-order valence-corrected chi connectivity index (χ4v) is 1.68. The van der Waals surface area contributed by atoms with E-state index in [0.29, 0.717) is 13.1 Å². The molecule has 0 aliphatic carbocycles. The van der Waals surface area contributed by atoms with Crippen molar-refractivity contribution < 1.29 is 9.53 Å². The molecule has 1 aliphatic heterocycles. The van der Waals surface area contributed by atoms with Gasteiger partial charge < -0.3 is 15.4 Å². The Balaban J connectivity index is 2.62. The van der Waals surface area contributed by atoms with E-state index < -0.39 is 11.1 Å². The van der Waals surface area contributed by atoms with Crippen LogP contribution in [0.4, 0.5) is 4.79 Å². The fraction of sp³-hybridized carbons (Fsp3) is 0.750. The van der Waals surface area contributed by atoms with Gasteiger partial charge in [-0.2, -0.15) is 0 Å². The molecule has 1 unspecified atom stereocenters. The summed E-state index contributed by atoms with van der Waals surface area (Å²) in [5, 5.41) is 0. The molecule has 1 aliphatic rings. The highest BCUT2D eigenvalue weighted by atomic mass is 16.6. The van der Waals surface area contributed by atoms with Crippen molar-refractivity contribution in [1.82, 2.24) is 4.90 Å². The minimum absolute atomic E-state index is 0.336. The van der Waals surface area contributed by atoms with Crippen molar-refractivity contribution >= 4 is 6.09 Å². The van der Waals surface area contributed by atoms with E-state index in [4.69, 9.17) is 16.9 Å². The van der Waals surface area contributed by atoms with E-state index in [1.165, 1.54) is 0 Å². The highest BCUT2D eigenvalue weighted by Crippen LogP contribution is 2.20. The van der Waals surface area contributed by atoms with Gasteiger partial charge in [-0.3, -0.25) is 0 Å². The maximum Gasteiger partial charge on any atom is 0.410 e. The van der Waals surface area contributed by atoms with Gasteiger partial charge in [-0.15, -0.1) is 6.42 Å². The molecule has 0 spiro atoms. The molecule has 16 heavy (non-hydrogen) atoms. The summed E-state index contributed by atoms with van der Waals surface area (Å²) in [4.78, 5) is 13.4. The third kappa shape index (κ3) is 3.42. The first-order valence-corrected chi connectivity index (χ1v) is 5.50. The quantitative estimate of drug-likeness (QED) is 0.632. The topological polar surface area (TPSA) is 55.6 Å². The molecule has 1 fully saturated rings. The SMILES string of the molecule is C#CC1(N)CCCN(C(=O)OC(C)(C)C)C1. The van der Waals surface area contributed by atoms with Crippen LogP contribution in [0, 0.1) is 12.3 Å². The number of carbonyl (C=O) groups is 1. The van der Waals surface area contributed by atoms with E-state index in [9.17, 15) is 4.79 Å². The lowest BCUT2D eigenvalue weighted by Crippen LogP contribution is -2.55. The Morgan fingerprint density at radius 3 is 2.69 bits per heavy atom. The Kier molecular flexibility index (Phi) is 3.49. The van der Waals surface area contributed by atoms with Gasteiger partial charge in [-0.1, -0.05) is 5.92 Å². The Bertz CT molecular complexity index is 314. The molecule has 0 aromatic heterocycles. The normalized spacial score (nSPS) is 26.1. The van der Waals surface area contributed by atoms with Crippen LogP contribution in [0.1, 0.15) is 33.6 Å². The van der Waals surface area contributed by atoms with Crippen LogP contribution in [0.25, 0.3) is 0 Å². The molecule has 1 atom stereocenters. The van der Waals surface area contributed by atoms with Gasteiger partial charge in [0, 0.05) is 6.54 Å². The van der Waals surface area contributed by atoms with Crippen LogP contribution in [0.3, 0.4) is 0 Å². The number of amides is 1. The Labute approximate surface area is 97.1 Å². The second-order valence-corrected chi connectivity index (χ2v) is 5.31. The minimum atomic E-state index is -0.699. The van der Waals surface area contributed by atoms with Gasteiger partial charge >= 0.3 is 6.09 Å². The molecular weight excluding hydrogens is 204 g/mol. The molecule has 0 aromatic rings. The number of nitrogens with zero attached hydrogens (tertiary/aromatic N) is 1. The summed E-state index contributed by atoms with van der Waals surface area (Å²) in [6.07, 6.45) is 6.61. The van der Waals surface area contributed by atoms with Crippen molar-refractivity contribution in [3.63, 3.8) is 0 Å². The van der Waals surface area contributed by atoms with E-state index in [1.807, 2.05) is 20.8 Å². The third-order valence-electron chi connectivity index (χ3n) is 2.46. The highest BCUT2D eigenvalue weighted by Gasteiger charge is 2.33. The standard InChI is InChI=1S/C12H20N2O2/c1-5-12(13)7-6-8-14(9-12)10(15)16-11(2,3)4/h1H,6-9,13H2,2-4H3. The monoisotopic (exact) mass is 224 g/mol. The summed E-state index contributed by atoms with van der Waals surface area (Å²) in [6.45, 7) is 6.55. The van der Waals surface area contributed by atoms with Crippen LogP contribution >= 0.6 is 0 Å². The number of rotatable bonds is 0. The second-order valence-electron chi connectivity index (χ2n) is 5.31. The summed E-state index contributed by atoms with van der Waals surface area (Å²) < 4.78 is 5.28. The first-order valence-electron chi connectivity index (χ1n) is 5.50. The lowest BCUT2D eigenvalue weighted by Gasteiger charge is -2.37. The summed E-state index contributed by atoms with van der Waals surface area (Å²) in [7, 11) is 0. The lowest BCUT2D eigenvalue weighted by atomic mass is 9.91. The summed E-state index contributed by atoms with van der Waals surface area (Å²) in [5.41, 5.74) is 4.78. The predicted molar refractivity (Wildman–Crippen MR) is 62.8 cm³/mol. The van der Waals surface area contributed by atoms with Gasteiger partial charge in [0.05, 0.1) is 12.1 Å². The number of carbonyl (C=O) groups excluding carboxylic acids is 1. The number of nitrogens with two attached hydrogens (primary N) is 1. The molecule has 90 valence electrons. The molecule has 1 rings (SSSR count). The van der Waals surface area contributed by atoms with Crippen molar-refractivity contribution in [3.05, 3.63) is 0 Å². The van der Waals surface area contributed by atoms with Gasteiger partial charge in [0.2, 0.25) is 0 Å². The minimum Gasteiger partial charge on any atom is -0.444 e. The number of likely N-dealkylation sites (tertiary alicyclic amines) is 1. The summed E-state index contributed by atoms with van der Waals surface area (Å²) >= 11 is 0. The first-order chi connectivity index (χ1) is 7.26. The van der Waals surface area contributed by atoms with Crippen LogP contribution in [0.15, 0.2) is 0 Å². The van der Waals surface area contributed by atoms with Crippen LogP contribution in [0.2, 0.25) is 0 Å². The zero-order valence-electron chi connectivity index (χ0n) is 10.2. The van der Waals surface area contributed by atoms with Crippen molar-refractivity contribution in [2.45, 2.75) is 44.8 Å². The van der Waals surface area contributed by atoms with Gasteiger partial charge in [0.1, 0.15) is 5.60 Å². The maximum atomic E-state index is 11.8. The number of hydrogen-bond acceptors (Lipinski definition) is 3. The molecule has 1 amide bonds. The first kappa shape index (κ1) is 12.9. The largest absolute Gasteiger partial charge is 0.444 e. The molecule has 1 saturated heterocycles. The van der Waals surface area contributed by atoms with E-state index in [0.717, 1.165) is 12.8 Å². The Morgan fingerprint density at radius 2 is 2.19 bits per heavy atom. The summed E-state index contributed by atoms with van der Waals surface area (Å²) in [5.74, 6) is 2.56. The molecule has 2 N–H and O–H groups in total. The lowest BCUT2D eigenvalue weighted by molar-refractivity contribution is 0.0173. The molecule has 0 aromatic carbocycles. The molecule has 4 heteroatoms. The van der Waals surface area contributed by atoms with Crippen molar-refractivity contribution in [2.24, 2.45) is 5.73 Å². The molecular formula is C12H20N2O2. The number of hydrogen-bond donors (Lipinski definition) is 1. The zero-order valence-corrected chi connectivity index (χ0v) is 10.2. The van der Waals surface area contributed by atoms with Gasteiger partial charge in [-0.25, -0.2) is 4.79 Å². The van der Waals surface area contributed by atoms with Crippen LogP contribution < -0.4 is 5.73 Å². The highest BCUT2D eigenvalue weighted by molar-refractivity contribution is 5.68. The average Bonchev–Trinajstić information content (AvgIpc) is 2.15. The number of piperidine rings is 1. The van der Waals surface area contributed by atoms with Gasteiger partial charge in [0.15, 0.2) is 0 Å². The van der Waals surface area contributed by atoms with Crippen LogP contribution in [-0.2, 0) is 4.74 Å². The Morgan fingerprint density at radius 1 is 1.56 bits per heavy atom. The molecule has 0 saturated carbocycles. The fourth-order valence-electron chi connectivity index (χ4n) is 1.68.